The number of hydrogen-bond donors (Lipinski definition) is 1. The molecule has 4 heteroatoms. The fourth-order valence-electron chi connectivity index (χ4n) is 4.49. The van der Waals surface area contributed by atoms with E-state index in [1.54, 1.807) is 0 Å². The third kappa shape index (κ3) is 6.59. The van der Waals surface area contributed by atoms with Crippen molar-refractivity contribution in [2.75, 3.05) is 39.3 Å². The van der Waals surface area contributed by atoms with Crippen LogP contribution in [0.25, 0.3) is 0 Å². The second-order valence-electron chi connectivity index (χ2n) is 9.92. The van der Waals surface area contributed by atoms with Gasteiger partial charge in [0.2, 0.25) is 5.91 Å². The number of carbonyl (C=O) groups excluding carboxylic acids is 1. The minimum absolute atomic E-state index is 0.149. The lowest BCUT2D eigenvalue weighted by Crippen LogP contribution is -2.51. The van der Waals surface area contributed by atoms with Crippen LogP contribution >= 0.6 is 0 Å². The average molecular weight is 386 g/mol. The molecule has 0 saturated carbocycles. The van der Waals surface area contributed by atoms with Crippen molar-refractivity contribution in [2.24, 2.45) is 11.3 Å². The van der Waals surface area contributed by atoms with Gasteiger partial charge in [0.25, 0.3) is 0 Å². The number of nitrogens with zero attached hydrogens (tertiary/aromatic N) is 2. The standard InChI is InChI=1S/C24H39N3O/c1-24(2,3)19-25-23(28)21-10-7-14-27(18-21)22-12-16-26(17-13-22)15-11-20-8-5-4-6-9-20/h4-6,8-9,21-22H,7,10-19H2,1-3H3,(H,25,28). The molecule has 2 aliphatic heterocycles. The molecule has 2 aliphatic rings. The van der Waals surface area contributed by atoms with Gasteiger partial charge >= 0.3 is 0 Å². The number of amides is 1. The van der Waals surface area contributed by atoms with E-state index in [2.05, 4.69) is 66.2 Å². The number of piperidine rings is 2. The van der Waals surface area contributed by atoms with Crippen LogP contribution in [0.3, 0.4) is 0 Å². The summed E-state index contributed by atoms with van der Waals surface area (Å²) >= 11 is 0. The molecule has 3 rings (SSSR count). The molecule has 2 fully saturated rings. The summed E-state index contributed by atoms with van der Waals surface area (Å²) in [7, 11) is 0. The number of carbonyl (C=O) groups is 1. The maximum Gasteiger partial charge on any atom is 0.224 e. The maximum atomic E-state index is 12.6. The molecule has 0 aromatic heterocycles. The first-order valence-electron chi connectivity index (χ1n) is 11.2. The van der Waals surface area contributed by atoms with Crippen LogP contribution in [0, 0.1) is 11.3 Å². The van der Waals surface area contributed by atoms with E-state index in [0.717, 1.165) is 45.4 Å². The summed E-state index contributed by atoms with van der Waals surface area (Å²) in [6.45, 7) is 12.9. The third-order valence-corrected chi connectivity index (χ3v) is 6.25. The van der Waals surface area contributed by atoms with Crippen molar-refractivity contribution in [1.82, 2.24) is 15.1 Å². The van der Waals surface area contributed by atoms with E-state index in [1.165, 1.54) is 31.5 Å². The number of rotatable bonds is 6. The van der Waals surface area contributed by atoms with Crippen molar-refractivity contribution < 1.29 is 4.79 Å². The summed E-state index contributed by atoms with van der Waals surface area (Å²) in [4.78, 5) is 17.8. The zero-order valence-corrected chi connectivity index (χ0v) is 18.1. The van der Waals surface area contributed by atoms with Crippen LogP contribution in [0.5, 0.6) is 0 Å². The lowest BCUT2D eigenvalue weighted by Gasteiger charge is -2.42. The minimum Gasteiger partial charge on any atom is -0.355 e. The molecule has 2 heterocycles. The lowest BCUT2D eigenvalue weighted by atomic mass is 9.92. The van der Waals surface area contributed by atoms with Gasteiger partial charge in [-0.25, -0.2) is 0 Å². The normalized spacial score (nSPS) is 22.9. The van der Waals surface area contributed by atoms with E-state index < -0.39 is 0 Å². The van der Waals surface area contributed by atoms with Crippen molar-refractivity contribution in [3.63, 3.8) is 0 Å². The Balaban J connectivity index is 1.40. The molecule has 4 nitrogen and oxygen atoms in total. The van der Waals surface area contributed by atoms with Crippen LogP contribution < -0.4 is 5.32 Å². The molecule has 1 amide bonds. The Morgan fingerprint density at radius 3 is 2.46 bits per heavy atom. The monoisotopic (exact) mass is 385 g/mol. The number of hydrogen-bond acceptors (Lipinski definition) is 3. The SMILES string of the molecule is CC(C)(C)CNC(=O)C1CCCN(C2CCN(CCc3ccccc3)CC2)C1. The molecule has 1 aromatic carbocycles. The van der Waals surface area contributed by atoms with Crippen molar-refractivity contribution in [1.29, 1.82) is 0 Å². The Kier molecular flexibility index (Phi) is 7.53. The number of nitrogens with one attached hydrogen (secondary N) is 1. The predicted molar refractivity (Wildman–Crippen MR) is 116 cm³/mol. The van der Waals surface area contributed by atoms with E-state index >= 15 is 0 Å². The first kappa shape index (κ1) is 21.3. The molecule has 2 saturated heterocycles. The van der Waals surface area contributed by atoms with Gasteiger partial charge in [0.1, 0.15) is 0 Å². The molecule has 1 N–H and O–H groups in total. The van der Waals surface area contributed by atoms with Crippen LogP contribution in [0.15, 0.2) is 30.3 Å². The van der Waals surface area contributed by atoms with Crippen LogP contribution in [-0.4, -0.2) is 61.0 Å². The van der Waals surface area contributed by atoms with E-state index in [4.69, 9.17) is 0 Å². The second-order valence-corrected chi connectivity index (χ2v) is 9.92. The Morgan fingerprint density at radius 1 is 1.07 bits per heavy atom. The highest BCUT2D eigenvalue weighted by atomic mass is 16.1. The molecule has 0 radical (unpaired) electrons. The lowest BCUT2D eigenvalue weighted by molar-refractivity contribution is -0.127. The van der Waals surface area contributed by atoms with Gasteiger partial charge in [-0.1, -0.05) is 51.1 Å². The quantitative estimate of drug-likeness (QED) is 0.813. The van der Waals surface area contributed by atoms with Crippen LogP contribution in [0.2, 0.25) is 0 Å². The summed E-state index contributed by atoms with van der Waals surface area (Å²) < 4.78 is 0. The second kappa shape index (κ2) is 9.89. The van der Waals surface area contributed by atoms with Crippen LogP contribution in [0.4, 0.5) is 0 Å². The fraction of sp³-hybridized carbons (Fsp3) is 0.708. The zero-order valence-electron chi connectivity index (χ0n) is 18.1. The zero-order chi connectivity index (χ0) is 20.0. The van der Waals surface area contributed by atoms with E-state index in [0.29, 0.717) is 6.04 Å². The Hall–Kier alpha value is -1.39. The molecule has 0 bridgehead atoms. The van der Waals surface area contributed by atoms with Crippen molar-refractivity contribution >= 4 is 5.91 Å². The van der Waals surface area contributed by atoms with E-state index in [9.17, 15) is 4.79 Å². The van der Waals surface area contributed by atoms with Gasteiger partial charge in [-0.2, -0.15) is 0 Å². The molecule has 1 aromatic rings. The third-order valence-electron chi connectivity index (χ3n) is 6.25. The first-order chi connectivity index (χ1) is 13.4. The van der Waals surface area contributed by atoms with Gasteiger partial charge in [0.15, 0.2) is 0 Å². The fourth-order valence-corrected chi connectivity index (χ4v) is 4.49. The van der Waals surface area contributed by atoms with E-state index in [-0.39, 0.29) is 17.2 Å². The topological polar surface area (TPSA) is 35.6 Å². The van der Waals surface area contributed by atoms with Gasteiger partial charge in [-0.05, 0) is 62.7 Å². The summed E-state index contributed by atoms with van der Waals surface area (Å²) in [5.41, 5.74) is 1.58. The van der Waals surface area contributed by atoms with Crippen molar-refractivity contribution in [2.45, 2.75) is 58.9 Å². The van der Waals surface area contributed by atoms with Gasteiger partial charge < -0.3 is 10.2 Å². The Labute approximate surface area is 171 Å². The summed E-state index contributed by atoms with van der Waals surface area (Å²) in [6, 6.07) is 11.5. The van der Waals surface area contributed by atoms with Gasteiger partial charge in [0.05, 0.1) is 5.92 Å². The first-order valence-corrected chi connectivity index (χ1v) is 11.2. The molecule has 1 unspecified atom stereocenters. The highest BCUT2D eigenvalue weighted by molar-refractivity contribution is 5.79. The van der Waals surface area contributed by atoms with Crippen molar-refractivity contribution in [3.8, 4) is 0 Å². The number of benzene rings is 1. The van der Waals surface area contributed by atoms with Crippen molar-refractivity contribution in [3.05, 3.63) is 35.9 Å². The molecule has 28 heavy (non-hydrogen) atoms. The summed E-state index contributed by atoms with van der Waals surface area (Å²) in [5, 5.41) is 3.18. The van der Waals surface area contributed by atoms with Crippen LogP contribution in [-0.2, 0) is 11.2 Å². The molecular formula is C24H39N3O. The van der Waals surface area contributed by atoms with Gasteiger partial charge in [-0.15, -0.1) is 0 Å². The smallest absolute Gasteiger partial charge is 0.224 e. The summed E-state index contributed by atoms with van der Waals surface area (Å²) in [5.74, 6) is 0.437. The van der Waals surface area contributed by atoms with Gasteiger partial charge in [0, 0.05) is 25.7 Å². The number of likely N-dealkylation sites (tertiary alicyclic amines) is 2. The Bertz CT molecular complexity index is 602. The molecule has 1 atom stereocenters. The predicted octanol–water partition coefficient (Wildman–Crippen LogP) is 3.57. The highest BCUT2D eigenvalue weighted by Gasteiger charge is 2.31. The molecule has 0 spiro atoms. The molecule has 156 valence electrons. The molecule has 0 aliphatic carbocycles. The maximum absolute atomic E-state index is 12.6. The largest absolute Gasteiger partial charge is 0.355 e. The minimum atomic E-state index is 0.149. The van der Waals surface area contributed by atoms with E-state index in [1.807, 2.05) is 0 Å². The Morgan fingerprint density at radius 2 is 1.79 bits per heavy atom. The summed E-state index contributed by atoms with van der Waals surface area (Å²) in [6.07, 6.45) is 5.83. The van der Waals surface area contributed by atoms with Gasteiger partial charge in [-0.3, -0.25) is 9.69 Å². The molecular weight excluding hydrogens is 346 g/mol. The average Bonchev–Trinajstić information content (AvgIpc) is 2.71. The highest BCUT2D eigenvalue weighted by Crippen LogP contribution is 2.24. The van der Waals surface area contributed by atoms with Crippen LogP contribution in [0.1, 0.15) is 52.0 Å².